The second-order valence-corrected chi connectivity index (χ2v) is 6.52. The largest absolute Gasteiger partial charge is 0.489 e. The van der Waals surface area contributed by atoms with E-state index in [1.165, 1.54) is 11.1 Å². The first kappa shape index (κ1) is 12.6. The molecule has 0 saturated carbocycles. The van der Waals surface area contributed by atoms with E-state index < -0.39 is 0 Å². The van der Waals surface area contributed by atoms with E-state index in [9.17, 15) is 0 Å². The number of hydrogen-bond donors (Lipinski definition) is 0. The van der Waals surface area contributed by atoms with E-state index in [1.807, 2.05) is 6.07 Å². The van der Waals surface area contributed by atoms with E-state index in [0.717, 1.165) is 42.4 Å². The third-order valence-corrected chi connectivity index (χ3v) is 4.95. The Morgan fingerprint density at radius 1 is 1.22 bits per heavy atom. The van der Waals surface area contributed by atoms with E-state index in [-0.39, 0.29) is 0 Å². The first-order chi connectivity index (χ1) is 8.68. The summed E-state index contributed by atoms with van der Waals surface area (Å²) in [6.45, 7) is 3.65. The maximum absolute atomic E-state index is 6.44. The van der Waals surface area contributed by atoms with Crippen LogP contribution in [-0.4, -0.2) is 13.2 Å². The molecule has 18 heavy (non-hydrogen) atoms. The van der Waals surface area contributed by atoms with Gasteiger partial charge in [0, 0.05) is 27.9 Å². The van der Waals surface area contributed by atoms with Crippen LogP contribution < -0.4 is 9.47 Å². The van der Waals surface area contributed by atoms with Gasteiger partial charge < -0.3 is 9.47 Å². The Labute approximate surface area is 121 Å². The predicted molar refractivity (Wildman–Crippen MR) is 76.4 cm³/mol. The smallest absolute Gasteiger partial charge is 0.165 e. The van der Waals surface area contributed by atoms with Crippen LogP contribution in [0.1, 0.15) is 48.1 Å². The highest BCUT2D eigenvalue weighted by molar-refractivity contribution is 9.09. The van der Waals surface area contributed by atoms with Crippen molar-refractivity contribution < 1.29 is 9.47 Å². The molecule has 2 unspecified atom stereocenters. The van der Waals surface area contributed by atoms with Crippen LogP contribution in [0, 0.1) is 0 Å². The molecule has 98 valence electrons. The molecule has 1 heterocycles. The topological polar surface area (TPSA) is 18.5 Å². The van der Waals surface area contributed by atoms with E-state index >= 15 is 0 Å². The van der Waals surface area contributed by atoms with Crippen molar-refractivity contribution in [2.24, 2.45) is 0 Å². The lowest BCUT2D eigenvalue weighted by Gasteiger charge is -2.30. The molecule has 0 aromatic heterocycles. The maximum Gasteiger partial charge on any atom is 0.165 e. The van der Waals surface area contributed by atoms with Gasteiger partial charge in [0.25, 0.3) is 0 Å². The standard InChI is InChI=1S/C14H16BrClO2/c1-8-3-4-9(15)13-12(8)10(16)7-11-14(13)18-6-2-5-17-11/h7-9H,2-6H2,1H3. The predicted octanol–water partition coefficient (Wildman–Crippen LogP) is 4.83. The number of alkyl halides is 1. The second kappa shape index (κ2) is 4.93. The zero-order valence-corrected chi connectivity index (χ0v) is 12.7. The monoisotopic (exact) mass is 330 g/mol. The molecule has 4 heteroatoms. The number of halogens is 2. The van der Waals surface area contributed by atoms with Crippen molar-refractivity contribution in [1.82, 2.24) is 0 Å². The molecule has 3 rings (SSSR count). The summed E-state index contributed by atoms with van der Waals surface area (Å²) >= 11 is 10.2. The summed E-state index contributed by atoms with van der Waals surface area (Å²) in [6.07, 6.45) is 3.19. The molecule has 0 saturated heterocycles. The lowest BCUT2D eigenvalue weighted by molar-refractivity contribution is 0.295. The number of rotatable bonds is 0. The third kappa shape index (κ3) is 2.01. The molecule has 2 aliphatic rings. The summed E-state index contributed by atoms with van der Waals surface area (Å²) in [7, 11) is 0. The second-order valence-electron chi connectivity index (χ2n) is 5.01. The Morgan fingerprint density at radius 2 is 2.00 bits per heavy atom. The zero-order valence-electron chi connectivity index (χ0n) is 10.3. The van der Waals surface area contributed by atoms with Gasteiger partial charge in [-0.05, 0) is 24.3 Å². The van der Waals surface area contributed by atoms with Gasteiger partial charge >= 0.3 is 0 Å². The Bertz CT molecular complexity index is 475. The first-order valence-corrected chi connectivity index (χ1v) is 7.73. The van der Waals surface area contributed by atoms with E-state index in [1.54, 1.807) is 0 Å². The maximum atomic E-state index is 6.44. The number of benzene rings is 1. The summed E-state index contributed by atoms with van der Waals surface area (Å²) in [5, 5.41) is 0.811. The molecule has 0 fully saturated rings. The summed E-state index contributed by atoms with van der Waals surface area (Å²) in [5.74, 6) is 2.19. The summed E-state index contributed by atoms with van der Waals surface area (Å²) in [5.41, 5.74) is 2.44. The van der Waals surface area contributed by atoms with Crippen LogP contribution in [0.2, 0.25) is 5.02 Å². The molecule has 1 aliphatic carbocycles. The molecule has 0 spiro atoms. The highest BCUT2D eigenvalue weighted by Gasteiger charge is 2.31. The average Bonchev–Trinajstić information content (AvgIpc) is 2.58. The third-order valence-electron chi connectivity index (χ3n) is 3.73. The molecule has 0 radical (unpaired) electrons. The van der Waals surface area contributed by atoms with Gasteiger partial charge in [0.2, 0.25) is 0 Å². The van der Waals surface area contributed by atoms with Crippen molar-refractivity contribution in [3.63, 3.8) is 0 Å². The zero-order chi connectivity index (χ0) is 12.7. The Kier molecular flexibility index (Phi) is 3.46. The normalized spacial score (nSPS) is 26.4. The lowest BCUT2D eigenvalue weighted by atomic mass is 9.83. The fraction of sp³-hybridized carbons (Fsp3) is 0.571. The Balaban J connectivity index is 2.21. The Hall–Kier alpha value is -0.410. The first-order valence-electron chi connectivity index (χ1n) is 6.44. The quantitative estimate of drug-likeness (QED) is 0.634. The summed E-state index contributed by atoms with van der Waals surface area (Å²) < 4.78 is 11.7. The van der Waals surface area contributed by atoms with Gasteiger partial charge in [-0.3, -0.25) is 0 Å². The number of fused-ring (bicyclic) bond motifs is 3. The van der Waals surface area contributed by atoms with Crippen LogP contribution in [0.5, 0.6) is 11.5 Å². The highest BCUT2D eigenvalue weighted by Crippen LogP contribution is 2.52. The van der Waals surface area contributed by atoms with Crippen LogP contribution in [0.15, 0.2) is 6.07 Å². The molecule has 1 aromatic carbocycles. The van der Waals surface area contributed by atoms with Gasteiger partial charge in [0.05, 0.1) is 13.2 Å². The van der Waals surface area contributed by atoms with Crippen molar-refractivity contribution >= 4 is 27.5 Å². The minimum absolute atomic E-state index is 0.317. The minimum Gasteiger partial charge on any atom is -0.489 e. The molecule has 0 bridgehead atoms. The minimum atomic E-state index is 0.317. The van der Waals surface area contributed by atoms with Gasteiger partial charge in [0.1, 0.15) is 0 Å². The Morgan fingerprint density at radius 3 is 2.83 bits per heavy atom. The van der Waals surface area contributed by atoms with Crippen LogP contribution in [0.3, 0.4) is 0 Å². The molecule has 2 nitrogen and oxygen atoms in total. The van der Waals surface area contributed by atoms with Crippen molar-refractivity contribution in [2.75, 3.05) is 13.2 Å². The van der Waals surface area contributed by atoms with Gasteiger partial charge in [-0.2, -0.15) is 0 Å². The van der Waals surface area contributed by atoms with Crippen molar-refractivity contribution in [3.8, 4) is 11.5 Å². The molecule has 0 N–H and O–H groups in total. The SMILES string of the molecule is CC1CCC(Br)c2c3c(cc(Cl)c21)OCCCO3. The molecule has 2 atom stereocenters. The van der Waals surface area contributed by atoms with Gasteiger partial charge in [-0.15, -0.1) is 0 Å². The fourth-order valence-electron chi connectivity index (χ4n) is 2.81. The van der Waals surface area contributed by atoms with Crippen molar-refractivity contribution in [1.29, 1.82) is 0 Å². The van der Waals surface area contributed by atoms with Crippen LogP contribution in [0.4, 0.5) is 0 Å². The van der Waals surface area contributed by atoms with E-state index in [0.29, 0.717) is 17.4 Å². The van der Waals surface area contributed by atoms with E-state index in [4.69, 9.17) is 21.1 Å². The van der Waals surface area contributed by atoms with Crippen molar-refractivity contribution in [2.45, 2.75) is 36.9 Å². The van der Waals surface area contributed by atoms with Crippen LogP contribution >= 0.6 is 27.5 Å². The van der Waals surface area contributed by atoms with Gasteiger partial charge in [-0.25, -0.2) is 0 Å². The molecule has 1 aliphatic heterocycles. The molecular weight excluding hydrogens is 316 g/mol. The van der Waals surface area contributed by atoms with Crippen LogP contribution in [-0.2, 0) is 0 Å². The van der Waals surface area contributed by atoms with E-state index in [2.05, 4.69) is 22.9 Å². The fourth-order valence-corrected chi connectivity index (χ4v) is 3.92. The molecule has 0 amide bonds. The number of ether oxygens (including phenoxy) is 2. The molecular formula is C14H16BrClO2. The van der Waals surface area contributed by atoms with Crippen molar-refractivity contribution in [3.05, 3.63) is 22.2 Å². The van der Waals surface area contributed by atoms with Gasteiger partial charge in [-0.1, -0.05) is 34.5 Å². The van der Waals surface area contributed by atoms with Gasteiger partial charge in [0.15, 0.2) is 11.5 Å². The lowest BCUT2D eigenvalue weighted by Crippen LogP contribution is -2.12. The number of hydrogen-bond acceptors (Lipinski definition) is 2. The molecule has 1 aromatic rings. The summed E-state index contributed by atoms with van der Waals surface area (Å²) in [4.78, 5) is 0.317. The van der Waals surface area contributed by atoms with Crippen LogP contribution in [0.25, 0.3) is 0 Å². The summed E-state index contributed by atoms with van der Waals surface area (Å²) in [6, 6.07) is 1.92. The highest BCUT2D eigenvalue weighted by atomic mass is 79.9. The average molecular weight is 332 g/mol.